The molecule has 0 aliphatic heterocycles. The summed E-state index contributed by atoms with van der Waals surface area (Å²) in [5.41, 5.74) is 0. The fourth-order valence-electron chi connectivity index (χ4n) is 1.08. The van der Waals surface area contributed by atoms with E-state index < -0.39 is 10.0 Å². The van der Waals surface area contributed by atoms with Gasteiger partial charge in [-0.3, -0.25) is 0 Å². The van der Waals surface area contributed by atoms with E-state index in [0.29, 0.717) is 12.5 Å². The molecule has 92 valence electrons. The van der Waals surface area contributed by atoms with E-state index in [1.165, 1.54) is 7.11 Å². The second-order valence-electron chi connectivity index (χ2n) is 3.89. The highest BCUT2D eigenvalue weighted by atomic mass is 79.9. The number of methoxy groups -OCH3 is 1. The zero-order valence-corrected chi connectivity index (χ0v) is 11.9. The van der Waals surface area contributed by atoms with Gasteiger partial charge in [0.1, 0.15) is 0 Å². The van der Waals surface area contributed by atoms with Crippen molar-refractivity contribution in [3.8, 4) is 0 Å². The van der Waals surface area contributed by atoms with E-state index in [0.717, 1.165) is 6.42 Å². The van der Waals surface area contributed by atoms with Crippen LogP contribution in [0.15, 0.2) is 0 Å². The largest absolute Gasteiger partial charge is 0.384 e. The van der Waals surface area contributed by atoms with Gasteiger partial charge in [-0.1, -0.05) is 29.8 Å². The third-order valence-corrected chi connectivity index (χ3v) is 3.82. The van der Waals surface area contributed by atoms with Crippen molar-refractivity contribution in [1.82, 2.24) is 4.72 Å². The minimum atomic E-state index is -3.18. The summed E-state index contributed by atoms with van der Waals surface area (Å²) in [6, 6.07) is 0. The summed E-state index contributed by atoms with van der Waals surface area (Å²) in [5, 5.41) is 0. The first-order valence-electron chi connectivity index (χ1n) is 4.97. The number of nitrogens with one attached hydrogen (secondary N) is 1. The number of hydrogen-bond donors (Lipinski definition) is 1. The number of alkyl halides is 1. The molecule has 0 bridgehead atoms. The average molecular weight is 302 g/mol. The van der Waals surface area contributed by atoms with E-state index in [1.54, 1.807) is 0 Å². The molecule has 0 aromatic carbocycles. The van der Waals surface area contributed by atoms with Crippen LogP contribution in [-0.2, 0) is 14.8 Å². The molecule has 0 rings (SSSR count). The van der Waals surface area contributed by atoms with Gasteiger partial charge < -0.3 is 4.74 Å². The zero-order chi connectivity index (χ0) is 11.9. The maximum atomic E-state index is 11.4. The third kappa shape index (κ3) is 9.29. The SMILES string of the molecule is COCCS(=O)(=O)NCC(Br)CC(C)C. The van der Waals surface area contributed by atoms with E-state index in [2.05, 4.69) is 34.5 Å². The lowest BCUT2D eigenvalue weighted by Gasteiger charge is -2.13. The summed E-state index contributed by atoms with van der Waals surface area (Å²) in [6.45, 7) is 4.87. The maximum absolute atomic E-state index is 11.4. The van der Waals surface area contributed by atoms with E-state index in [1.807, 2.05) is 0 Å². The van der Waals surface area contributed by atoms with Crippen LogP contribution in [0.25, 0.3) is 0 Å². The summed E-state index contributed by atoms with van der Waals surface area (Å²) < 4.78 is 30.0. The predicted octanol–water partition coefficient (Wildman–Crippen LogP) is 1.36. The molecule has 0 aromatic heterocycles. The lowest BCUT2D eigenvalue weighted by molar-refractivity contribution is 0.217. The lowest BCUT2D eigenvalue weighted by atomic mass is 10.1. The Labute approximate surface area is 101 Å². The van der Waals surface area contributed by atoms with Crippen LogP contribution in [0, 0.1) is 5.92 Å². The van der Waals surface area contributed by atoms with E-state index in [-0.39, 0.29) is 17.2 Å². The minimum absolute atomic E-state index is 0.0187. The minimum Gasteiger partial charge on any atom is -0.384 e. The Morgan fingerprint density at radius 2 is 2.00 bits per heavy atom. The molecule has 0 amide bonds. The number of hydrogen-bond acceptors (Lipinski definition) is 3. The van der Waals surface area contributed by atoms with Gasteiger partial charge in [0, 0.05) is 18.5 Å². The van der Waals surface area contributed by atoms with Crippen molar-refractivity contribution >= 4 is 26.0 Å². The molecule has 1 unspecified atom stereocenters. The number of rotatable bonds is 8. The van der Waals surface area contributed by atoms with Crippen LogP contribution in [-0.4, -0.2) is 39.3 Å². The molecular formula is C9H20BrNO3S. The topological polar surface area (TPSA) is 55.4 Å². The third-order valence-electron chi connectivity index (χ3n) is 1.81. The van der Waals surface area contributed by atoms with Crippen LogP contribution in [0.4, 0.5) is 0 Å². The molecule has 0 saturated heterocycles. The van der Waals surface area contributed by atoms with E-state index >= 15 is 0 Å². The quantitative estimate of drug-likeness (QED) is 0.689. The van der Waals surface area contributed by atoms with Crippen molar-refractivity contribution in [3.63, 3.8) is 0 Å². The second-order valence-corrected chi connectivity index (χ2v) is 7.11. The summed E-state index contributed by atoms with van der Waals surface area (Å²) in [6.07, 6.45) is 0.951. The number of halogens is 1. The van der Waals surface area contributed by atoms with Gasteiger partial charge in [-0.2, -0.15) is 0 Å². The lowest BCUT2D eigenvalue weighted by Crippen LogP contribution is -2.33. The van der Waals surface area contributed by atoms with Crippen molar-refractivity contribution in [3.05, 3.63) is 0 Å². The van der Waals surface area contributed by atoms with Crippen molar-refractivity contribution in [2.45, 2.75) is 25.1 Å². The second kappa shape index (κ2) is 7.60. The molecule has 0 aliphatic carbocycles. The van der Waals surface area contributed by atoms with Gasteiger partial charge in [-0.05, 0) is 12.3 Å². The van der Waals surface area contributed by atoms with Crippen LogP contribution >= 0.6 is 15.9 Å². The highest BCUT2D eigenvalue weighted by Gasteiger charge is 2.13. The molecule has 1 atom stereocenters. The molecule has 0 spiro atoms. The Balaban J connectivity index is 3.82. The Kier molecular flexibility index (Phi) is 7.77. The zero-order valence-electron chi connectivity index (χ0n) is 9.49. The predicted molar refractivity (Wildman–Crippen MR) is 65.8 cm³/mol. The Bertz CT molecular complexity index is 254. The van der Waals surface area contributed by atoms with Crippen LogP contribution in [0.1, 0.15) is 20.3 Å². The standard InChI is InChI=1S/C9H20BrNO3S/c1-8(2)6-9(10)7-11-15(12,13)5-4-14-3/h8-9,11H,4-7H2,1-3H3. The van der Waals surface area contributed by atoms with Gasteiger partial charge in [0.25, 0.3) is 0 Å². The van der Waals surface area contributed by atoms with Gasteiger partial charge in [0.15, 0.2) is 0 Å². The fraction of sp³-hybridized carbons (Fsp3) is 1.00. The van der Waals surface area contributed by atoms with Crippen molar-refractivity contribution < 1.29 is 13.2 Å². The fourth-order valence-corrected chi connectivity index (χ4v) is 3.19. The summed E-state index contributed by atoms with van der Waals surface area (Å²) in [7, 11) is -1.69. The van der Waals surface area contributed by atoms with Gasteiger partial charge in [-0.15, -0.1) is 0 Å². The van der Waals surface area contributed by atoms with Crippen molar-refractivity contribution in [2.75, 3.05) is 26.0 Å². The van der Waals surface area contributed by atoms with Crippen LogP contribution in [0.5, 0.6) is 0 Å². The van der Waals surface area contributed by atoms with Crippen LogP contribution in [0.3, 0.4) is 0 Å². The van der Waals surface area contributed by atoms with Gasteiger partial charge in [0.2, 0.25) is 10.0 Å². The summed E-state index contributed by atoms with van der Waals surface area (Å²) in [5.74, 6) is 0.572. The average Bonchev–Trinajstić information content (AvgIpc) is 2.11. The molecule has 0 heterocycles. The molecule has 0 aliphatic rings. The van der Waals surface area contributed by atoms with Gasteiger partial charge in [-0.25, -0.2) is 13.1 Å². The summed E-state index contributed by atoms with van der Waals surface area (Å²) >= 11 is 3.44. The van der Waals surface area contributed by atoms with Crippen LogP contribution < -0.4 is 4.72 Å². The normalized spacial score (nSPS) is 14.5. The molecule has 0 radical (unpaired) electrons. The molecule has 6 heteroatoms. The number of sulfonamides is 1. The monoisotopic (exact) mass is 301 g/mol. The Hall–Kier alpha value is 0.350. The maximum Gasteiger partial charge on any atom is 0.213 e. The first kappa shape index (κ1) is 15.3. The molecular weight excluding hydrogens is 282 g/mol. The summed E-state index contributed by atoms with van der Waals surface area (Å²) in [4.78, 5) is 0.190. The number of ether oxygens (including phenoxy) is 1. The van der Waals surface area contributed by atoms with Crippen molar-refractivity contribution in [1.29, 1.82) is 0 Å². The molecule has 4 nitrogen and oxygen atoms in total. The van der Waals surface area contributed by atoms with Crippen LogP contribution in [0.2, 0.25) is 0 Å². The van der Waals surface area contributed by atoms with E-state index in [9.17, 15) is 8.42 Å². The Morgan fingerprint density at radius 3 is 2.47 bits per heavy atom. The smallest absolute Gasteiger partial charge is 0.213 e. The molecule has 1 N–H and O–H groups in total. The Morgan fingerprint density at radius 1 is 1.40 bits per heavy atom. The molecule has 0 aromatic rings. The molecule has 0 fully saturated rings. The van der Waals surface area contributed by atoms with E-state index in [4.69, 9.17) is 4.74 Å². The molecule has 15 heavy (non-hydrogen) atoms. The highest BCUT2D eigenvalue weighted by Crippen LogP contribution is 2.11. The highest BCUT2D eigenvalue weighted by molar-refractivity contribution is 9.09. The van der Waals surface area contributed by atoms with Crippen molar-refractivity contribution in [2.24, 2.45) is 5.92 Å². The van der Waals surface area contributed by atoms with Gasteiger partial charge in [0.05, 0.1) is 12.4 Å². The first-order valence-corrected chi connectivity index (χ1v) is 7.54. The molecule has 0 saturated carbocycles. The van der Waals surface area contributed by atoms with Gasteiger partial charge >= 0.3 is 0 Å². The first-order chi connectivity index (χ1) is 6.87.